The van der Waals surface area contributed by atoms with Crippen LogP contribution in [0.25, 0.3) is 0 Å². The van der Waals surface area contributed by atoms with E-state index in [9.17, 15) is 9.59 Å². The highest BCUT2D eigenvalue weighted by atomic mass is 16.5. The van der Waals surface area contributed by atoms with Gasteiger partial charge in [-0.05, 0) is 32.9 Å². The molecule has 5 heteroatoms. The van der Waals surface area contributed by atoms with Crippen LogP contribution in [0.3, 0.4) is 0 Å². The van der Waals surface area contributed by atoms with E-state index >= 15 is 0 Å². The van der Waals surface area contributed by atoms with Gasteiger partial charge in [-0.15, -0.1) is 0 Å². The molecule has 0 aliphatic carbocycles. The van der Waals surface area contributed by atoms with Gasteiger partial charge in [0.15, 0.2) is 0 Å². The van der Waals surface area contributed by atoms with E-state index in [2.05, 4.69) is 5.32 Å². The molecule has 1 aliphatic heterocycles. The third-order valence-electron chi connectivity index (χ3n) is 3.30. The van der Waals surface area contributed by atoms with Gasteiger partial charge in [0.05, 0.1) is 12.8 Å². The van der Waals surface area contributed by atoms with E-state index < -0.39 is 11.6 Å². The number of carbonyl (C=O) groups excluding carboxylic acids is 2. The van der Waals surface area contributed by atoms with E-state index in [0.29, 0.717) is 11.4 Å². The number of nitrogens with zero attached hydrogens (tertiary/aromatic N) is 1. The second-order valence-electron chi connectivity index (χ2n) is 5.14. The molecule has 1 N–H and O–H groups in total. The van der Waals surface area contributed by atoms with Gasteiger partial charge < -0.3 is 10.1 Å². The first-order valence-electron chi connectivity index (χ1n) is 6.17. The fourth-order valence-electron chi connectivity index (χ4n) is 2.21. The first-order chi connectivity index (χ1) is 8.88. The van der Waals surface area contributed by atoms with Crippen molar-refractivity contribution in [2.24, 2.45) is 0 Å². The zero-order valence-corrected chi connectivity index (χ0v) is 11.6. The van der Waals surface area contributed by atoms with Gasteiger partial charge in [-0.1, -0.05) is 12.1 Å². The number of hydrogen-bond donors (Lipinski definition) is 1. The Bertz CT molecular complexity index is 525. The van der Waals surface area contributed by atoms with Crippen molar-refractivity contribution in [3.05, 3.63) is 24.3 Å². The number of anilines is 1. The predicted molar refractivity (Wildman–Crippen MR) is 72.2 cm³/mol. The second-order valence-corrected chi connectivity index (χ2v) is 5.14. The summed E-state index contributed by atoms with van der Waals surface area (Å²) in [4.78, 5) is 26.0. The number of rotatable bonds is 2. The van der Waals surface area contributed by atoms with Crippen LogP contribution in [0.2, 0.25) is 0 Å². The highest BCUT2D eigenvalue weighted by Crippen LogP contribution is 2.32. The molecule has 0 saturated carbocycles. The minimum atomic E-state index is -0.912. The normalized spacial score (nSPS) is 22.1. The van der Waals surface area contributed by atoms with Crippen LogP contribution in [0.4, 0.5) is 5.69 Å². The number of hydrogen-bond acceptors (Lipinski definition) is 3. The Labute approximate surface area is 112 Å². The average molecular weight is 262 g/mol. The topological polar surface area (TPSA) is 58.6 Å². The standard InChI is InChI=1S/C14H18N2O3/c1-9-12(17)15-14(2,3)13(18)16(9)10-7-5-6-8-11(10)19-4/h5-9H,1-4H3,(H,15,17). The van der Waals surface area contributed by atoms with E-state index in [1.165, 1.54) is 4.90 Å². The first kappa shape index (κ1) is 13.4. The van der Waals surface area contributed by atoms with Crippen LogP contribution in [-0.4, -0.2) is 30.5 Å². The third-order valence-corrected chi connectivity index (χ3v) is 3.30. The van der Waals surface area contributed by atoms with E-state index in [1.54, 1.807) is 40.0 Å². The summed E-state index contributed by atoms with van der Waals surface area (Å²) in [5, 5.41) is 2.72. The van der Waals surface area contributed by atoms with Crippen molar-refractivity contribution in [3.63, 3.8) is 0 Å². The highest BCUT2D eigenvalue weighted by molar-refractivity contribution is 6.10. The van der Waals surface area contributed by atoms with Crippen LogP contribution < -0.4 is 15.0 Å². The van der Waals surface area contributed by atoms with Gasteiger partial charge in [-0.2, -0.15) is 0 Å². The Balaban J connectivity index is 2.51. The van der Waals surface area contributed by atoms with Crippen molar-refractivity contribution in [1.29, 1.82) is 0 Å². The van der Waals surface area contributed by atoms with Gasteiger partial charge in [0.2, 0.25) is 5.91 Å². The number of ether oxygens (including phenoxy) is 1. The van der Waals surface area contributed by atoms with Gasteiger partial charge in [0.25, 0.3) is 5.91 Å². The van der Waals surface area contributed by atoms with Crippen LogP contribution in [-0.2, 0) is 9.59 Å². The van der Waals surface area contributed by atoms with Gasteiger partial charge in [0.1, 0.15) is 17.3 Å². The van der Waals surface area contributed by atoms with Crippen molar-refractivity contribution < 1.29 is 14.3 Å². The summed E-state index contributed by atoms with van der Waals surface area (Å²) in [7, 11) is 1.54. The SMILES string of the molecule is COc1ccccc1N1C(=O)C(C)(C)NC(=O)C1C. The second kappa shape index (κ2) is 4.57. The number of amides is 2. The lowest BCUT2D eigenvalue weighted by Crippen LogP contribution is -2.67. The summed E-state index contributed by atoms with van der Waals surface area (Å²) in [5.41, 5.74) is -0.296. The van der Waals surface area contributed by atoms with E-state index in [4.69, 9.17) is 4.74 Å². The van der Waals surface area contributed by atoms with Crippen LogP contribution in [0.5, 0.6) is 5.75 Å². The maximum Gasteiger partial charge on any atom is 0.253 e. The van der Waals surface area contributed by atoms with E-state index in [0.717, 1.165) is 0 Å². The molecule has 1 heterocycles. The molecule has 5 nitrogen and oxygen atoms in total. The molecular weight excluding hydrogens is 244 g/mol. The van der Waals surface area contributed by atoms with Gasteiger partial charge in [-0.25, -0.2) is 0 Å². The molecule has 1 saturated heterocycles. The summed E-state index contributed by atoms with van der Waals surface area (Å²) < 4.78 is 5.27. The average Bonchev–Trinajstić information content (AvgIpc) is 2.37. The summed E-state index contributed by atoms with van der Waals surface area (Å²) in [5.74, 6) is 0.257. The fraction of sp³-hybridized carbons (Fsp3) is 0.429. The number of benzene rings is 1. The monoisotopic (exact) mass is 262 g/mol. The van der Waals surface area contributed by atoms with Crippen molar-refractivity contribution in [2.45, 2.75) is 32.4 Å². The molecule has 0 bridgehead atoms. The molecule has 1 aromatic carbocycles. The summed E-state index contributed by atoms with van der Waals surface area (Å²) in [6.07, 6.45) is 0. The van der Waals surface area contributed by atoms with Gasteiger partial charge >= 0.3 is 0 Å². The third kappa shape index (κ3) is 2.16. The minimum absolute atomic E-state index is 0.149. The van der Waals surface area contributed by atoms with Gasteiger partial charge in [0, 0.05) is 0 Å². The lowest BCUT2D eigenvalue weighted by molar-refractivity contribution is -0.136. The van der Waals surface area contributed by atoms with Crippen LogP contribution >= 0.6 is 0 Å². The van der Waals surface area contributed by atoms with Crippen molar-refractivity contribution in [2.75, 3.05) is 12.0 Å². The molecule has 1 atom stereocenters. The van der Waals surface area contributed by atoms with E-state index in [1.807, 2.05) is 12.1 Å². The number of nitrogens with one attached hydrogen (secondary N) is 1. The molecule has 0 spiro atoms. The molecule has 1 aromatic rings. The molecule has 2 rings (SSSR count). The molecule has 0 aromatic heterocycles. The van der Waals surface area contributed by atoms with Crippen LogP contribution in [0.15, 0.2) is 24.3 Å². The Morgan fingerprint density at radius 3 is 2.53 bits per heavy atom. The summed E-state index contributed by atoms with van der Waals surface area (Å²) >= 11 is 0. The molecule has 1 unspecified atom stereocenters. The maximum atomic E-state index is 12.5. The molecular formula is C14H18N2O3. The summed E-state index contributed by atoms with van der Waals surface area (Å²) in [6, 6.07) is 6.64. The van der Waals surface area contributed by atoms with Gasteiger partial charge in [-0.3, -0.25) is 14.5 Å². The Morgan fingerprint density at radius 1 is 1.26 bits per heavy atom. The zero-order chi connectivity index (χ0) is 14.2. The van der Waals surface area contributed by atoms with Crippen molar-refractivity contribution >= 4 is 17.5 Å². The molecule has 19 heavy (non-hydrogen) atoms. The number of para-hydroxylation sites is 2. The van der Waals surface area contributed by atoms with Crippen molar-refractivity contribution in [1.82, 2.24) is 5.32 Å². The largest absolute Gasteiger partial charge is 0.495 e. The van der Waals surface area contributed by atoms with E-state index in [-0.39, 0.29) is 11.8 Å². The molecule has 0 radical (unpaired) electrons. The fourth-order valence-corrected chi connectivity index (χ4v) is 2.21. The van der Waals surface area contributed by atoms with Crippen LogP contribution in [0, 0.1) is 0 Å². The van der Waals surface area contributed by atoms with Crippen molar-refractivity contribution in [3.8, 4) is 5.75 Å². The Kier molecular flexibility index (Phi) is 3.22. The quantitative estimate of drug-likeness (QED) is 0.874. The lowest BCUT2D eigenvalue weighted by atomic mass is 9.96. The number of carbonyl (C=O) groups is 2. The minimum Gasteiger partial charge on any atom is -0.495 e. The highest BCUT2D eigenvalue weighted by Gasteiger charge is 2.44. The molecule has 1 fully saturated rings. The first-order valence-corrected chi connectivity index (χ1v) is 6.17. The molecule has 2 amide bonds. The molecule has 102 valence electrons. The molecule has 1 aliphatic rings. The Morgan fingerprint density at radius 2 is 1.89 bits per heavy atom. The number of methoxy groups -OCH3 is 1. The van der Waals surface area contributed by atoms with Crippen LogP contribution in [0.1, 0.15) is 20.8 Å². The Hall–Kier alpha value is -2.04. The predicted octanol–water partition coefficient (Wildman–Crippen LogP) is 1.33. The smallest absolute Gasteiger partial charge is 0.253 e. The number of piperazine rings is 1. The lowest BCUT2D eigenvalue weighted by Gasteiger charge is -2.41. The zero-order valence-electron chi connectivity index (χ0n) is 11.6. The summed E-state index contributed by atoms with van der Waals surface area (Å²) in [6.45, 7) is 5.10. The maximum absolute atomic E-state index is 12.5.